The Labute approximate surface area is 117 Å². The molecule has 1 atom stereocenters. The van der Waals surface area contributed by atoms with Crippen LogP contribution in [0.25, 0.3) is 0 Å². The van der Waals surface area contributed by atoms with E-state index in [1.807, 2.05) is 0 Å². The Morgan fingerprint density at radius 2 is 2.00 bits per heavy atom. The van der Waals surface area contributed by atoms with Crippen LogP contribution >= 0.6 is 0 Å². The van der Waals surface area contributed by atoms with E-state index < -0.39 is 0 Å². The lowest BCUT2D eigenvalue weighted by Gasteiger charge is -2.23. The minimum atomic E-state index is 0.506. The monoisotopic (exact) mass is 261 g/mol. The smallest absolute Gasteiger partial charge is 0.0468 e. The highest BCUT2D eigenvalue weighted by molar-refractivity contribution is 5.19. The third-order valence-electron chi connectivity index (χ3n) is 4.30. The Bertz CT molecular complexity index is 359. The van der Waals surface area contributed by atoms with Crippen molar-refractivity contribution in [3.63, 3.8) is 0 Å². The Morgan fingerprint density at radius 1 is 1.26 bits per heavy atom. The van der Waals surface area contributed by atoms with Crippen LogP contribution in [0.5, 0.6) is 0 Å². The van der Waals surface area contributed by atoms with E-state index in [-0.39, 0.29) is 0 Å². The molecule has 1 aromatic carbocycles. The predicted molar refractivity (Wildman–Crippen MR) is 80.3 cm³/mol. The minimum Gasteiger partial charge on any atom is -0.385 e. The molecule has 2 heteroatoms. The van der Waals surface area contributed by atoms with E-state index in [0.29, 0.717) is 11.5 Å². The highest BCUT2D eigenvalue weighted by atomic mass is 16.5. The molecule has 1 N–H and O–H groups in total. The second-order valence-electron chi connectivity index (χ2n) is 5.88. The van der Waals surface area contributed by atoms with Crippen molar-refractivity contribution in [2.75, 3.05) is 20.3 Å². The van der Waals surface area contributed by atoms with Gasteiger partial charge in [0.1, 0.15) is 0 Å². The summed E-state index contributed by atoms with van der Waals surface area (Å²) in [6.07, 6.45) is 6.35. The topological polar surface area (TPSA) is 21.3 Å². The maximum Gasteiger partial charge on any atom is 0.0468 e. The molecule has 1 aromatic rings. The summed E-state index contributed by atoms with van der Waals surface area (Å²) >= 11 is 0. The molecule has 0 radical (unpaired) electrons. The fourth-order valence-electron chi connectivity index (χ4n) is 2.71. The lowest BCUT2D eigenvalue weighted by molar-refractivity contribution is 0.170. The molecule has 2 nitrogen and oxygen atoms in total. The molecule has 0 aliphatic heterocycles. The molecule has 1 saturated carbocycles. The molecule has 0 spiro atoms. The van der Waals surface area contributed by atoms with Gasteiger partial charge in [-0.25, -0.2) is 0 Å². The number of nitrogens with one attached hydrogen (secondary N) is 1. The van der Waals surface area contributed by atoms with Crippen LogP contribution in [-0.4, -0.2) is 20.3 Å². The Hall–Kier alpha value is -0.860. The molecule has 1 fully saturated rings. The summed E-state index contributed by atoms with van der Waals surface area (Å²) < 4.78 is 5.23. The number of benzene rings is 1. The van der Waals surface area contributed by atoms with Crippen molar-refractivity contribution >= 4 is 0 Å². The molecular weight excluding hydrogens is 234 g/mol. The third-order valence-corrected chi connectivity index (χ3v) is 4.30. The molecule has 106 valence electrons. The van der Waals surface area contributed by atoms with Crippen LogP contribution in [0.4, 0.5) is 0 Å². The lowest BCUT2D eigenvalue weighted by atomic mass is 9.99. The second-order valence-corrected chi connectivity index (χ2v) is 5.88. The van der Waals surface area contributed by atoms with Gasteiger partial charge in [-0.15, -0.1) is 0 Å². The summed E-state index contributed by atoms with van der Waals surface area (Å²) in [4.78, 5) is 0. The van der Waals surface area contributed by atoms with E-state index in [2.05, 4.69) is 42.6 Å². The van der Waals surface area contributed by atoms with Gasteiger partial charge in [0.2, 0.25) is 0 Å². The van der Waals surface area contributed by atoms with Crippen molar-refractivity contribution in [3.05, 3.63) is 35.9 Å². The van der Waals surface area contributed by atoms with Crippen LogP contribution in [0.2, 0.25) is 0 Å². The summed E-state index contributed by atoms with van der Waals surface area (Å²) in [7, 11) is 1.80. The average molecular weight is 261 g/mol. The van der Waals surface area contributed by atoms with Crippen LogP contribution in [0, 0.1) is 5.41 Å². The maximum absolute atomic E-state index is 5.23. The van der Waals surface area contributed by atoms with Gasteiger partial charge in [-0.2, -0.15) is 0 Å². The Kier molecular flexibility index (Phi) is 5.41. The molecule has 0 aromatic heterocycles. The molecular formula is C17H27NO. The molecule has 1 aliphatic carbocycles. The summed E-state index contributed by atoms with van der Waals surface area (Å²) in [6.45, 7) is 4.29. The van der Waals surface area contributed by atoms with Crippen molar-refractivity contribution in [1.82, 2.24) is 5.32 Å². The maximum atomic E-state index is 5.23. The zero-order chi connectivity index (χ0) is 13.6. The van der Waals surface area contributed by atoms with E-state index in [9.17, 15) is 0 Å². The van der Waals surface area contributed by atoms with Gasteiger partial charge in [-0.1, -0.05) is 43.7 Å². The highest BCUT2D eigenvalue weighted by Gasteiger charge is 2.41. The first-order valence-electron chi connectivity index (χ1n) is 7.57. The van der Waals surface area contributed by atoms with Crippen molar-refractivity contribution in [1.29, 1.82) is 0 Å². The van der Waals surface area contributed by atoms with Gasteiger partial charge in [0.15, 0.2) is 0 Å². The average Bonchev–Trinajstić information content (AvgIpc) is 3.23. The first kappa shape index (κ1) is 14.5. The van der Waals surface area contributed by atoms with Gasteiger partial charge in [0.05, 0.1) is 0 Å². The molecule has 2 rings (SSSR count). The zero-order valence-electron chi connectivity index (χ0n) is 12.3. The van der Waals surface area contributed by atoms with Crippen LogP contribution in [-0.2, 0) is 4.74 Å². The summed E-state index contributed by atoms with van der Waals surface area (Å²) in [6, 6.07) is 11.3. The van der Waals surface area contributed by atoms with Gasteiger partial charge < -0.3 is 10.1 Å². The first-order valence-corrected chi connectivity index (χ1v) is 7.57. The highest BCUT2D eigenvalue weighted by Crippen LogP contribution is 2.48. The van der Waals surface area contributed by atoms with Crippen molar-refractivity contribution < 1.29 is 4.74 Å². The number of ether oxygens (including phenoxy) is 1. The van der Waals surface area contributed by atoms with E-state index in [1.165, 1.54) is 37.7 Å². The van der Waals surface area contributed by atoms with Gasteiger partial charge >= 0.3 is 0 Å². The molecule has 0 amide bonds. The summed E-state index contributed by atoms with van der Waals surface area (Å²) in [5.41, 5.74) is 1.95. The van der Waals surface area contributed by atoms with E-state index >= 15 is 0 Å². The SMILES string of the molecule is CCCC(NCC1(CCOC)CC1)c1ccccc1. The third kappa shape index (κ3) is 4.32. The zero-order valence-corrected chi connectivity index (χ0v) is 12.3. The molecule has 19 heavy (non-hydrogen) atoms. The molecule has 0 heterocycles. The van der Waals surface area contributed by atoms with Crippen molar-refractivity contribution in [2.24, 2.45) is 5.41 Å². The van der Waals surface area contributed by atoms with E-state index in [1.54, 1.807) is 7.11 Å². The predicted octanol–water partition coefficient (Wildman–Crippen LogP) is 3.93. The molecule has 0 bridgehead atoms. The fourth-order valence-corrected chi connectivity index (χ4v) is 2.71. The summed E-state index contributed by atoms with van der Waals surface area (Å²) in [5, 5.41) is 3.79. The summed E-state index contributed by atoms with van der Waals surface area (Å²) in [5.74, 6) is 0. The van der Waals surface area contributed by atoms with Gasteiger partial charge in [-0.3, -0.25) is 0 Å². The van der Waals surface area contributed by atoms with Crippen LogP contribution < -0.4 is 5.32 Å². The quantitative estimate of drug-likeness (QED) is 0.727. The van der Waals surface area contributed by atoms with Gasteiger partial charge in [-0.05, 0) is 36.7 Å². The minimum absolute atomic E-state index is 0.506. The Balaban J connectivity index is 1.87. The molecule has 1 aliphatic rings. The van der Waals surface area contributed by atoms with Crippen LogP contribution in [0.15, 0.2) is 30.3 Å². The van der Waals surface area contributed by atoms with E-state index in [4.69, 9.17) is 4.74 Å². The largest absolute Gasteiger partial charge is 0.385 e. The van der Waals surface area contributed by atoms with Crippen molar-refractivity contribution in [3.8, 4) is 0 Å². The number of rotatable bonds is 9. The van der Waals surface area contributed by atoms with E-state index in [0.717, 1.165) is 13.2 Å². The van der Waals surface area contributed by atoms with Crippen LogP contribution in [0.1, 0.15) is 50.6 Å². The molecule has 0 saturated heterocycles. The number of hydrogen-bond donors (Lipinski definition) is 1. The fraction of sp³-hybridized carbons (Fsp3) is 0.647. The van der Waals surface area contributed by atoms with Gasteiger partial charge in [0.25, 0.3) is 0 Å². The van der Waals surface area contributed by atoms with Crippen molar-refractivity contribution in [2.45, 2.75) is 45.1 Å². The second kappa shape index (κ2) is 7.06. The molecule has 1 unspecified atom stereocenters. The standard InChI is InChI=1S/C17H27NO/c1-3-7-16(15-8-5-4-6-9-15)18-14-17(10-11-17)12-13-19-2/h4-6,8-9,16,18H,3,7,10-14H2,1-2H3. The number of hydrogen-bond acceptors (Lipinski definition) is 2. The van der Waals surface area contributed by atoms with Gasteiger partial charge in [0, 0.05) is 26.3 Å². The lowest BCUT2D eigenvalue weighted by Crippen LogP contribution is -2.29. The Morgan fingerprint density at radius 3 is 2.58 bits per heavy atom. The normalized spacial score (nSPS) is 18.2. The number of methoxy groups -OCH3 is 1. The van der Waals surface area contributed by atoms with Crippen LogP contribution in [0.3, 0.4) is 0 Å². The first-order chi connectivity index (χ1) is 9.29.